The van der Waals surface area contributed by atoms with Crippen molar-refractivity contribution in [3.05, 3.63) is 99.7 Å². The Hall–Kier alpha value is -3.32. The van der Waals surface area contributed by atoms with Crippen LogP contribution in [0, 0.1) is 6.92 Å². The number of aryl methyl sites for hydroxylation is 2. The van der Waals surface area contributed by atoms with E-state index < -0.39 is 0 Å². The average Bonchev–Trinajstić information content (AvgIpc) is 2.90. The Morgan fingerprint density at radius 2 is 1.74 bits per heavy atom. The van der Waals surface area contributed by atoms with Gasteiger partial charge in [-0.2, -0.15) is 0 Å². The molecule has 0 radical (unpaired) electrons. The van der Waals surface area contributed by atoms with E-state index in [4.69, 9.17) is 27.9 Å². The van der Waals surface area contributed by atoms with E-state index in [0.29, 0.717) is 39.9 Å². The molecular formula is C29H28Cl3N3O3. The summed E-state index contributed by atoms with van der Waals surface area (Å²) in [5.74, 6) is 0.111. The summed E-state index contributed by atoms with van der Waals surface area (Å²) >= 11 is 13.1. The number of benzene rings is 3. The number of halogens is 3. The maximum atomic E-state index is 12.8. The lowest BCUT2D eigenvalue weighted by Gasteiger charge is -2.21. The van der Waals surface area contributed by atoms with Crippen molar-refractivity contribution in [2.24, 2.45) is 0 Å². The monoisotopic (exact) mass is 571 g/mol. The Kier molecular flexibility index (Phi) is 10.4. The van der Waals surface area contributed by atoms with Crippen molar-refractivity contribution in [2.75, 3.05) is 18.5 Å². The fraction of sp³-hybridized carbons (Fsp3) is 0.207. The quantitative estimate of drug-likeness (QED) is 0.246. The lowest BCUT2D eigenvalue weighted by molar-refractivity contribution is -0.124. The lowest BCUT2D eigenvalue weighted by atomic mass is 10.1. The zero-order valence-corrected chi connectivity index (χ0v) is 23.4. The normalized spacial score (nSPS) is 10.5. The smallest absolute Gasteiger partial charge is 0.246 e. The highest BCUT2D eigenvalue weighted by molar-refractivity contribution is 6.38. The van der Waals surface area contributed by atoms with Gasteiger partial charge in [-0.25, -0.2) is 4.98 Å². The van der Waals surface area contributed by atoms with Gasteiger partial charge < -0.3 is 15.0 Å². The number of pyridine rings is 1. The first-order valence-corrected chi connectivity index (χ1v) is 12.6. The van der Waals surface area contributed by atoms with Crippen molar-refractivity contribution in [2.45, 2.75) is 26.4 Å². The second-order valence-corrected chi connectivity index (χ2v) is 9.43. The summed E-state index contributed by atoms with van der Waals surface area (Å²) in [6.07, 6.45) is 0.904. The van der Waals surface area contributed by atoms with E-state index in [2.05, 4.69) is 10.3 Å². The highest BCUT2D eigenvalue weighted by Gasteiger charge is 2.19. The van der Waals surface area contributed by atoms with E-state index in [1.54, 1.807) is 19.2 Å². The Morgan fingerprint density at radius 1 is 0.974 bits per heavy atom. The molecular weight excluding hydrogens is 545 g/mol. The third-order valence-corrected chi connectivity index (χ3v) is 6.79. The van der Waals surface area contributed by atoms with E-state index in [9.17, 15) is 9.59 Å². The number of likely N-dealkylation sites (N-methyl/N-ethyl adjacent to an activating group) is 1. The van der Waals surface area contributed by atoms with Crippen LogP contribution in [0.3, 0.4) is 0 Å². The molecule has 0 saturated carbocycles. The number of carbonyl (C=O) groups is 2. The van der Waals surface area contributed by atoms with Crippen molar-refractivity contribution >= 4 is 64.0 Å². The molecule has 0 aliphatic rings. The van der Waals surface area contributed by atoms with Gasteiger partial charge in [0.15, 0.2) is 0 Å². The Morgan fingerprint density at radius 3 is 2.50 bits per heavy atom. The van der Waals surface area contributed by atoms with Crippen LogP contribution in [0.25, 0.3) is 10.9 Å². The molecule has 4 rings (SSSR count). The fourth-order valence-corrected chi connectivity index (χ4v) is 4.49. The fourth-order valence-electron chi connectivity index (χ4n) is 3.88. The third-order valence-electron chi connectivity index (χ3n) is 6.02. The van der Waals surface area contributed by atoms with E-state index in [0.717, 1.165) is 22.2 Å². The number of hydrogen-bond donors (Lipinski definition) is 1. The third kappa shape index (κ3) is 7.16. The number of aromatic nitrogens is 1. The summed E-state index contributed by atoms with van der Waals surface area (Å²) in [7, 11) is 1.61. The minimum atomic E-state index is -0.308. The summed E-state index contributed by atoms with van der Waals surface area (Å²) in [5, 5.41) is 4.38. The zero-order valence-electron chi connectivity index (χ0n) is 21.0. The molecule has 2 amide bonds. The molecule has 0 fully saturated rings. The molecule has 6 nitrogen and oxygen atoms in total. The van der Waals surface area contributed by atoms with Gasteiger partial charge in [-0.15, -0.1) is 12.4 Å². The van der Waals surface area contributed by atoms with Crippen LogP contribution in [0.15, 0.2) is 72.8 Å². The predicted octanol–water partition coefficient (Wildman–Crippen LogP) is 6.56. The topological polar surface area (TPSA) is 71.5 Å². The number of rotatable bonds is 9. The zero-order chi connectivity index (χ0) is 26.4. The molecule has 0 aliphatic heterocycles. The molecule has 3 aromatic carbocycles. The Balaban J connectivity index is 0.00000400. The molecule has 198 valence electrons. The Bertz CT molecular complexity index is 1430. The van der Waals surface area contributed by atoms with E-state index in [1.807, 2.05) is 67.6 Å². The molecule has 0 spiro atoms. The average molecular weight is 573 g/mol. The van der Waals surface area contributed by atoms with Gasteiger partial charge in [0.1, 0.15) is 17.9 Å². The molecule has 1 heterocycles. The van der Waals surface area contributed by atoms with Crippen molar-refractivity contribution < 1.29 is 14.3 Å². The number of fused-ring (bicyclic) bond motifs is 1. The predicted molar refractivity (Wildman–Crippen MR) is 156 cm³/mol. The van der Waals surface area contributed by atoms with Gasteiger partial charge >= 0.3 is 0 Å². The molecule has 1 N–H and O–H groups in total. The Labute approximate surface area is 238 Å². The number of nitrogens with zero attached hydrogens (tertiary/aromatic N) is 2. The van der Waals surface area contributed by atoms with Crippen LogP contribution in [0.5, 0.6) is 5.75 Å². The van der Waals surface area contributed by atoms with Crippen LogP contribution >= 0.6 is 35.6 Å². The number of ether oxygens (including phenoxy) is 1. The van der Waals surface area contributed by atoms with E-state index in [1.165, 1.54) is 4.90 Å². The molecule has 0 bridgehead atoms. The molecule has 0 atom stereocenters. The second-order valence-electron chi connectivity index (χ2n) is 8.64. The lowest BCUT2D eigenvalue weighted by Crippen LogP contribution is -2.38. The van der Waals surface area contributed by atoms with E-state index >= 15 is 0 Å². The van der Waals surface area contributed by atoms with Gasteiger partial charge in [0, 0.05) is 35.1 Å². The van der Waals surface area contributed by atoms with Crippen LogP contribution in [-0.4, -0.2) is 30.4 Å². The van der Waals surface area contributed by atoms with Gasteiger partial charge in [-0.05, 0) is 43.2 Å². The SMILES string of the molecule is Cc1ccc2cccc(OCc3c(Cl)ccc(N(C)C(=O)CNC(=O)CCc4ccccc4)c3Cl)c2n1.Cl. The van der Waals surface area contributed by atoms with E-state index in [-0.39, 0.29) is 37.4 Å². The number of anilines is 1. The summed E-state index contributed by atoms with van der Waals surface area (Å²) in [4.78, 5) is 31.0. The van der Waals surface area contributed by atoms with Gasteiger partial charge in [0.2, 0.25) is 11.8 Å². The molecule has 1 aromatic heterocycles. The molecule has 0 unspecified atom stereocenters. The van der Waals surface area contributed by atoms with Crippen molar-refractivity contribution in [1.29, 1.82) is 0 Å². The largest absolute Gasteiger partial charge is 0.487 e. The van der Waals surface area contributed by atoms with Crippen LogP contribution in [-0.2, 0) is 22.6 Å². The standard InChI is InChI=1S/C29H27Cl2N3O3.ClH/c1-19-11-13-21-9-6-10-25(29(21)33-19)37-18-22-23(30)14-15-24(28(22)31)34(2)27(36)17-32-26(35)16-12-20-7-4-3-5-8-20;/h3-11,13-15H,12,16-18H2,1-2H3,(H,32,35);1H. The minimum Gasteiger partial charge on any atom is -0.487 e. The highest BCUT2D eigenvalue weighted by atomic mass is 35.5. The first kappa shape index (κ1) is 29.2. The molecule has 0 aliphatic carbocycles. The van der Waals surface area contributed by atoms with Gasteiger partial charge in [0.05, 0.1) is 17.3 Å². The number of amides is 2. The van der Waals surface area contributed by atoms with Gasteiger partial charge in [-0.1, -0.05) is 71.7 Å². The molecule has 0 saturated heterocycles. The first-order chi connectivity index (χ1) is 17.8. The van der Waals surface area contributed by atoms with Gasteiger partial charge in [0.25, 0.3) is 0 Å². The number of hydrogen-bond acceptors (Lipinski definition) is 4. The molecule has 38 heavy (non-hydrogen) atoms. The van der Waals surface area contributed by atoms with Crippen molar-refractivity contribution in [1.82, 2.24) is 10.3 Å². The second kappa shape index (κ2) is 13.5. The van der Waals surface area contributed by atoms with Crippen molar-refractivity contribution in [3.8, 4) is 5.75 Å². The first-order valence-electron chi connectivity index (χ1n) is 11.9. The van der Waals surface area contributed by atoms with Crippen LogP contribution in [0.1, 0.15) is 23.2 Å². The minimum absolute atomic E-state index is 0. The maximum Gasteiger partial charge on any atom is 0.246 e. The summed E-state index contributed by atoms with van der Waals surface area (Å²) in [6.45, 7) is 1.88. The number of carbonyl (C=O) groups excluding carboxylic acids is 2. The van der Waals surface area contributed by atoms with Gasteiger partial charge in [-0.3, -0.25) is 9.59 Å². The molecule has 4 aromatic rings. The maximum absolute atomic E-state index is 12.8. The summed E-state index contributed by atoms with van der Waals surface area (Å²) in [5.41, 5.74) is 3.73. The highest BCUT2D eigenvalue weighted by Crippen LogP contribution is 2.35. The van der Waals surface area contributed by atoms with Crippen molar-refractivity contribution in [3.63, 3.8) is 0 Å². The number of para-hydroxylation sites is 1. The van der Waals surface area contributed by atoms with Crippen LogP contribution < -0.4 is 15.0 Å². The summed E-state index contributed by atoms with van der Waals surface area (Å²) in [6, 6.07) is 22.7. The van der Waals surface area contributed by atoms with Crippen LogP contribution in [0.4, 0.5) is 5.69 Å². The van der Waals surface area contributed by atoms with Crippen LogP contribution in [0.2, 0.25) is 10.0 Å². The molecule has 9 heteroatoms. The summed E-state index contributed by atoms with van der Waals surface area (Å²) < 4.78 is 6.07. The number of nitrogens with one attached hydrogen (secondary N) is 1.